The molecule has 0 aliphatic rings. The number of aryl methyl sites for hydroxylation is 2. The predicted octanol–water partition coefficient (Wildman–Crippen LogP) is 1.10. The lowest BCUT2D eigenvalue weighted by Crippen LogP contribution is -2.26. The summed E-state index contributed by atoms with van der Waals surface area (Å²) in [5.41, 5.74) is 0.458. The van der Waals surface area contributed by atoms with Crippen molar-refractivity contribution < 1.29 is 14.7 Å². The highest BCUT2D eigenvalue weighted by molar-refractivity contribution is 7.11. The molecule has 1 amide bonds. The van der Waals surface area contributed by atoms with Crippen LogP contribution >= 0.6 is 11.5 Å². The molecule has 2 rings (SSSR count). The lowest BCUT2D eigenvalue weighted by Gasteiger charge is -2.07. The Balaban J connectivity index is 2.43. The molecule has 0 fully saturated rings. The van der Waals surface area contributed by atoms with Crippen LogP contribution < -0.4 is 10.9 Å². The number of hydrogen-bond donors (Lipinski definition) is 3. The second-order valence-corrected chi connectivity index (χ2v) is 5.14. The average Bonchev–Trinajstić information content (AvgIpc) is 2.75. The van der Waals surface area contributed by atoms with Gasteiger partial charge in [-0.3, -0.25) is 9.59 Å². The number of carbonyl (C=O) groups is 2. The van der Waals surface area contributed by atoms with Crippen LogP contribution in [-0.4, -0.2) is 31.6 Å². The van der Waals surface area contributed by atoms with Gasteiger partial charge in [0.2, 0.25) is 0 Å². The largest absolute Gasteiger partial charge is 0.478 e. The zero-order valence-corrected chi connectivity index (χ0v) is 12.3. The van der Waals surface area contributed by atoms with Crippen LogP contribution in [0.3, 0.4) is 0 Å². The molecule has 8 nitrogen and oxygen atoms in total. The van der Waals surface area contributed by atoms with E-state index in [1.807, 2.05) is 0 Å². The highest BCUT2D eigenvalue weighted by atomic mass is 32.1. The summed E-state index contributed by atoms with van der Waals surface area (Å²) in [5, 5.41) is 17.6. The van der Waals surface area contributed by atoms with Crippen molar-refractivity contribution in [3.8, 4) is 0 Å². The fraction of sp³-hybridized carbons (Fsp3) is 0.250. The molecule has 2 aromatic heterocycles. The van der Waals surface area contributed by atoms with E-state index >= 15 is 0 Å². The minimum Gasteiger partial charge on any atom is -0.478 e. The normalized spacial score (nSPS) is 10.4. The molecule has 0 saturated carbocycles. The fourth-order valence-electron chi connectivity index (χ4n) is 1.77. The molecule has 0 atom stereocenters. The summed E-state index contributed by atoms with van der Waals surface area (Å²) in [7, 11) is 0. The van der Waals surface area contributed by atoms with Gasteiger partial charge in [-0.15, -0.1) is 0 Å². The van der Waals surface area contributed by atoms with E-state index in [4.69, 9.17) is 5.11 Å². The molecule has 2 heterocycles. The first-order chi connectivity index (χ1) is 9.82. The number of rotatable bonds is 3. The topological polar surface area (TPSA) is 125 Å². The first-order valence-electron chi connectivity index (χ1n) is 5.89. The highest BCUT2D eigenvalue weighted by Gasteiger charge is 2.22. The van der Waals surface area contributed by atoms with Gasteiger partial charge in [-0.1, -0.05) is 0 Å². The fourth-order valence-corrected chi connectivity index (χ4v) is 2.56. The lowest BCUT2D eigenvalue weighted by molar-refractivity contribution is 0.0697. The van der Waals surface area contributed by atoms with E-state index in [0.717, 1.165) is 11.5 Å². The van der Waals surface area contributed by atoms with E-state index in [2.05, 4.69) is 19.9 Å². The molecule has 3 N–H and O–H groups in total. The van der Waals surface area contributed by atoms with Gasteiger partial charge in [0.05, 0.1) is 11.4 Å². The van der Waals surface area contributed by atoms with Crippen LogP contribution in [0.1, 0.15) is 37.7 Å². The number of aromatic carboxylic acids is 1. The molecule has 0 saturated heterocycles. The highest BCUT2D eigenvalue weighted by Crippen LogP contribution is 2.25. The maximum Gasteiger partial charge on any atom is 0.340 e. The number of hydrogen-bond acceptors (Lipinski definition) is 6. The summed E-state index contributed by atoms with van der Waals surface area (Å²) in [5.74, 6) is -1.88. The van der Waals surface area contributed by atoms with Crippen molar-refractivity contribution in [3.63, 3.8) is 0 Å². The third-order valence-electron chi connectivity index (χ3n) is 3.00. The summed E-state index contributed by atoms with van der Waals surface area (Å²) in [6, 6.07) is 0. The second kappa shape index (κ2) is 5.44. The molecule has 110 valence electrons. The van der Waals surface area contributed by atoms with Crippen LogP contribution in [-0.2, 0) is 0 Å². The number of carboxylic acid groups (broad SMARTS) is 1. The molecule has 0 bridgehead atoms. The summed E-state index contributed by atoms with van der Waals surface area (Å²) in [6.45, 7) is 4.79. The number of H-pyrrole nitrogens is 1. The molecule has 0 unspecified atom stereocenters. The quantitative estimate of drug-likeness (QED) is 0.779. The Morgan fingerprint density at radius 3 is 2.48 bits per heavy atom. The van der Waals surface area contributed by atoms with Gasteiger partial charge >= 0.3 is 5.97 Å². The van der Waals surface area contributed by atoms with Crippen molar-refractivity contribution in [1.29, 1.82) is 0 Å². The first kappa shape index (κ1) is 14.9. The van der Waals surface area contributed by atoms with Gasteiger partial charge < -0.3 is 10.4 Å². The summed E-state index contributed by atoms with van der Waals surface area (Å²) < 4.78 is 3.89. The average molecular weight is 308 g/mol. The van der Waals surface area contributed by atoms with Crippen molar-refractivity contribution in [2.45, 2.75) is 20.8 Å². The van der Waals surface area contributed by atoms with E-state index in [1.54, 1.807) is 13.8 Å². The van der Waals surface area contributed by atoms with E-state index in [-0.39, 0.29) is 16.1 Å². The third-order valence-corrected chi connectivity index (χ3v) is 3.85. The molecule has 9 heteroatoms. The van der Waals surface area contributed by atoms with Gasteiger partial charge in [0.1, 0.15) is 16.1 Å². The van der Waals surface area contributed by atoms with Crippen LogP contribution in [0.4, 0.5) is 5.00 Å². The van der Waals surface area contributed by atoms with Gasteiger partial charge in [0.15, 0.2) is 0 Å². The van der Waals surface area contributed by atoms with E-state index < -0.39 is 17.4 Å². The summed E-state index contributed by atoms with van der Waals surface area (Å²) in [6.07, 6.45) is 0. The van der Waals surface area contributed by atoms with Crippen LogP contribution in [0, 0.1) is 20.8 Å². The van der Waals surface area contributed by atoms with Gasteiger partial charge in [-0.2, -0.15) is 9.47 Å². The van der Waals surface area contributed by atoms with Gasteiger partial charge in [0.25, 0.3) is 11.5 Å². The first-order valence-corrected chi connectivity index (χ1v) is 6.67. The maximum absolute atomic E-state index is 12.2. The zero-order chi connectivity index (χ0) is 15.7. The minimum absolute atomic E-state index is 0.0757. The lowest BCUT2D eigenvalue weighted by atomic mass is 10.1. The van der Waals surface area contributed by atoms with Crippen LogP contribution in [0.25, 0.3) is 0 Å². The monoisotopic (exact) mass is 308 g/mol. The molecular formula is C12H12N4O4S. The molecule has 21 heavy (non-hydrogen) atoms. The van der Waals surface area contributed by atoms with Crippen LogP contribution in [0.15, 0.2) is 4.79 Å². The molecule has 0 aromatic carbocycles. The Bertz CT molecular complexity index is 793. The minimum atomic E-state index is -1.19. The summed E-state index contributed by atoms with van der Waals surface area (Å²) >= 11 is 0.853. The van der Waals surface area contributed by atoms with Gasteiger partial charge in [-0.25, -0.2) is 9.89 Å². The Morgan fingerprint density at radius 1 is 1.19 bits per heavy atom. The Hall–Kier alpha value is -2.55. The number of carbonyl (C=O) groups excluding carboxylic acids is 1. The smallest absolute Gasteiger partial charge is 0.340 e. The standard InChI is InChI=1S/C12H12N4O4S/c1-4-5(2)14-15-10(18)7(4)9(17)13-11-8(12(19)20)6(3)16-21-11/h1-3H3,(H,13,17)(H,15,18)(H,19,20). The number of amides is 1. The number of aromatic amines is 1. The van der Waals surface area contributed by atoms with Gasteiger partial charge in [0, 0.05) is 0 Å². The number of aromatic nitrogens is 3. The molecule has 0 radical (unpaired) electrons. The SMILES string of the molecule is Cc1n[nH]c(=O)c(C(=O)Nc2snc(C)c2C(=O)O)c1C. The number of carboxylic acids is 1. The Labute approximate surface area is 123 Å². The summed E-state index contributed by atoms with van der Waals surface area (Å²) in [4.78, 5) is 35.1. The third kappa shape index (κ3) is 2.68. The van der Waals surface area contributed by atoms with Crippen LogP contribution in [0.5, 0.6) is 0 Å². The zero-order valence-electron chi connectivity index (χ0n) is 11.5. The van der Waals surface area contributed by atoms with Crippen molar-refractivity contribution in [3.05, 3.63) is 38.4 Å². The number of nitrogens with one attached hydrogen (secondary N) is 2. The molecule has 0 aliphatic carbocycles. The molecule has 0 aliphatic heterocycles. The number of anilines is 1. The molecule has 0 spiro atoms. The molecule has 2 aromatic rings. The van der Waals surface area contributed by atoms with E-state index in [9.17, 15) is 14.4 Å². The van der Waals surface area contributed by atoms with Crippen molar-refractivity contribution in [2.24, 2.45) is 0 Å². The molecular weight excluding hydrogens is 296 g/mol. The maximum atomic E-state index is 12.2. The number of nitrogens with zero attached hydrogens (tertiary/aromatic N) is 2. The van der Waals surface area contributed by atoms with Crippen molar-refractivity contribution in [1.82, 2.24) is 14.6 Å². The van der Waals surface area contributed by atoms with Gasteiger partial charge in [-0.05, 0) is 37.9 Å². The predicted molar refractivity (Wildman–Crippen MR) is 76.1 cm³/mol. The Kier molecular flexibility index (Phi) is 3.85. The van der Waals surface area contributed by atoms with E-state index in [1.165, 1.54) is 6.92 Å². The second-order valence-electron chi connectivity index (χ2n) is 4.37. The Morgan fingerprint density at radius 2 is 1.86 bits per heavy atom. The van der Waals surface area contributed by atoms with Crippen LogP contribution in [0.2, 0.25) is 0 Å². The van der Waals surface area contributed by atoms with Crippen molar-refractivity contribution >= 4 is 28.4 Å². The van der Waals surface area contributed by atoms with Crippen molar-refractivity contribution in [2.75, 3.05) is 5.32 Å². The van der Waals surface area contributed by atoms with E-state index in [0.29, 0.717) is 17.0 Å².